The second-order valence-electron chi connectivity index (χ2n) is 9.30. The van der Waals surface area contributed by atoms with Gasteiger partial charge in [0.15, 0.2) is 23.6 Å². The summed E-state index contributed by atoms with van der Waals surface area (Å²) in [6, 6.07) is 5.42. The number of aldehydes is 1. The van der Waals surface area contributed by atoms with Gasteiger partial charge in [0.25, 0.3) is 0 Å². The van der Waals surface area contributed by atoms with Gasteiger partial charge in [0.2, 0.25) is 13.1 Å². The lowest BCUT2D eigenvalue weighted by atomic mass is 9.86. The first-order valence-electron chi connectivity index (χ1n) is 12.0. The molecule has 0 radical (unpaired) electrons. The molecule has 3 aliphatic heterocycles. The van der Waals surface area contributed by atoms with Gasteiger partial charge in [-0.05, 0) is 31.0 Å². The van der Waals surface area contributed by atoms with Gasteiger partial charge in [-0.15, -0.1) is 0 Å². The Balaban J connectivity index is 1.47. The number of aliphatic hydroxyl groups is 4. The number of hydrogen-bond donors (Lipinski definition) is 4. The van der Waals surface area contributed by atoms with Crippen LogP contribution in [0.2, 0.25) is 0 Å². The van der Waals surface area contributed by atoms with Crippen molar-refractivity contribution < 1.29 is 58.4 Å². The van der Waals surface area contributed by atoms with Crippen molar-refractivity contribution in [2.75, 3.05) is 27.1 Å². The summed E-state index contributed by atoms with van der Waals surface area (Å²) in [5, 5.41) is 40.1. The fourth-order valence-corrected chi connectivity index (χ4v) is 4.97. The summed E-state index contributed by atoms with van der Waals surface area (Å²) in [4.78, 5) is 25.9. The minimum atomic E-state index is -1.71. The Morgan fingerprint density at radius 3 is 2.53 bits per heavy atom. The van der Waals surface area contributed by atoms with Crippen LogP contribution in [0.25, 0.3) is 0 Å². The standard InChI is InChI=1S/C26H28O12/c1-11-23(38-26-22(32)21(31)20(30)17(8-28)37-26)14(7-27)25-18(24(11)33-2)19(29)13(9-34-25)5-12-3-4-15-16(6-12)36-10-35-15/h3-4,6-7,13,17,20-22,26,28,30-32H,5,8-10H2,1-2H3/t13-,17-,20-,21+,22-,26+/m1/s1. The maximum absolute atomic E-state index is 13.6. The molecule has 3 aliphatic rings. The minimum absolute atomic E-state index is 0.0210. The van der Waals surface area contributed by atoms with Crippen LogP contribution in [0, 0.1) is 12.8 Å². The first-order chi connectivity index (χ1) is 18.3. The molecule has 0 aliphatic carbocycles. The van der Waals surface area contributed by atoms with Gasteiger partial charge in [-0.3, -0.25) is 9.59 Å². The lowest BCUT2D eigenvalue weighted by molar-refractivity contribution is -0.277. The van der Waals surface area contributed by atoms with Crippen LogP contribution in [0.4, 0.5) is 0 Å². The smallest absolute Gasteiger partial charge is 0.231 e. The monoisotopic (exact) mass is 532 g/mol. The molecule has 2 aromatic rings. The molecule has 5 rings (SSSR count). The maximum Gasteiger partial charge on any atom is 0.231 e. The third kappa shape index (κ3) is 4.33. The Hall–Kier alpha value is -3.42. The van der Waals surface area contributed by atoms with E-state index in [0.29, 0.717) is 24.2 Å². The van der Waals surface area contributed by atoms with E-state index in [9.17, 15) is 30.0 Å². The molecule has 0 spiro atoms. The number of aliphatic hydroxyl groups excluding tert-OH is 4. The molecule has 0 bridgehead atoms. The van der Waals surface area contributed by atoms with Gasteiger partial charge >= 0.3 is 0 Å². The molecule has 12 heteroatoms. The van der Waals surface area contributed by atoms with Crippen molar-refractivity contribution in [3.63, 3.8) is 0 Å². The van der Waals surface area contributed by atoms with Gasteiger partial charge in [0, 0.05) is 5.56 Å². The summed E-state index contributed by atoms with van der Waals surface area (Å²) in [5.41, 5.74) is 1.08. The molecule has 204 valence electrons. The second kappa shape index (κ2) is 10.4. The zero-order chi connectivity index (χ0) is 27.1. The summed E-state index contributed by atoms with van der Waals surface area (Å²) < 4.78 is 33.5. The molecule has 0 amide bonds. The Bertz CT molecular complexity index is 1240. The normalized spacial score (nSPS) is 27.9. The van der Waals surface area contributed by atoms with Gasteiger partial charge in [-0.2, -0.15) is 0 Å². The van der Waals surface area contributed by atoms with Crippen molar-refractivity contribution in [3.8, 4) is 28.7 Å². The lowest BCUT2D eigenvalue weighted by Crippen LogP contribution is -2.60. The van der Waals surface area contributed by atoms with E-state index in [4.69, 9.17) is 28.4 Å². The average Bonchev–Trinajstić information content (AvgIpc) is 3.39. The number of benzene rings is 2. The van der Waals surface area contributed by atoms with E-state index < -0.39 is 43.2 Å². The highest BCUT2D eigenvalue weighted by molar-refractivity contribution is 6.07. The molecule has 38 heavy (non-hydrogen) atoms. The molecular weight excluding hydrogens is 504 g/mol. The third-order valence-electron chi connectivity index (χ3n) is 6.99. The molecular formula is C26H28O12. The fraction of sp³-hybridized carbons (Fsp3) is 0.462. The summed E-state index contributed by atoms with van der Waals surface area (Å²) in [6.07, 6.45) is -6.94. The van der Waals surface area contributed by atoms with Crippen molar-refractivity contribution >= 4 is 12.1 Å². The van der Waals surface area contributed by atoms with E-state index in [1.54, 1.807) is 13.0 Å². The summed E-state index contributed by atoms with van der Waals surface area (Å²) >= 11 is 0. The van der Waals surface area contributed by atoms with E-state index in [-0.39, 0.29) is 53.1 Å². The van der Waals surface area contributed by atoms with Crippen LogP contribution >= 0.6 is 0 Å². The van der Waals surface area contributed by atoms with Gasteiger partial charge in [0.05, 0.1) is 31.8 Å². The largest absolute Gasteiger partial charge is 0.495 e. The summed E-state index contributed by atoms with van der Waals surface area (Å²) in [7, 11) is 1.36. The van der Waals surface area contributed by atoms with Gasteiger partial charge in [-0.25, -0.2) is 0 Å². The molecule has 1 fully saturated rings. The van der Waals surface area contributed by atoms with Crippen molar-refractivity contribution in [1.29, 1.82) is 0 Å². The minimum Gasteiger partial charge on any atom is -0.495 e. The number of carbonyl (C=O) groups excluding carboxylic acids is 2. The number of carbonyl (C=O) groups is 2. The lowest BCUT2D eigenvalue weighted by Gasteiger charge is -2.40. The zero-order valence-corrected chi connectivity index (χ0v) is 20.7. The average molecular weight is 532 g/mol. The van der Waals surface area contributed by atoms with Crippen LogP contribution in [-0.4, -0.2) is 90.3 Å². The molecule has 0 saturated carbocycles. The van der Waals surface area contributed by atoms with Crippen LogP contribution in [0.3, 0.4) is 0 Å². The number of ether oxygens (including phenoxy) is 6. The maximum atomic E-state index is 13.6. The molecule has 1 saturated heterocycles. The predicted molar refractivity (Wildman–Crippen MR) is 127 cm³/mol. The van der Waals surface area contributed by atoms with Crippen molar-refractivity contribution in [3.05, 3.63) is 40.5 Å². The highest BCUT2D eigenvalue weighted by Crippen LogP contribution is 2.47. The number of fused-ring (bicyclic) bond motifs is 2. The van der Waals surface area contributed by atoms with Gasteiger partial charge in [-0.1, -0.05) is 6.07 Å². The van der Waals surface area contributed by atoms with Crippen LogP contribution in [0.15, 0.2) is 18.2 Å². The molecule has 6 atom stereocenters. The van der Waals surface area contributed by atoms with Crippen molar-refractivity contribution in [2.45, 2.75) is 44.1 Å². The molecule has 0 unspecified atom stereocenters. The Morgan fingerprint density at radius 1 is 1.05 bits per heavy atom. The summed E-state index contributed by atoms with van der Waals surface area (Å²) in [6.45, 7) is 1.02. The van der Waals surface area contributed by atoms with Gasteiger partial charge < -0.3 is 48.8 Å². The van der Waals surface area contributed by atoms with Crippen LogP contribution in [0.5, 0.6) is 28.7 Å². The Kier molecular flexibility index (Phi) is 7.16. The van der Waals surface area contributed by atoms with E-state index >= 15 is 0 Å². The highest BCUT2D eigenvalue weighted by Gasteiger charge is 2.46. The molecule has 12 nitrogen and oxygen atoms in total. The number of methoxy groups -OCH3 is 1. The highest BCUT2D eigenvalue weighted by atomic mass is 16.7. The number of Topliss-reactive ketones (excluding diaryl/α,β-unsaturated/α-hetero) is 1. The molecule has 4 N–H and O–H groups in total. The van der Waals surface area contributed by atoms with E-state index in [1.165, 1.54) is 7.11 Å². The van der Waals surface area contributed by atoms with Crippen molar-refractivity contribution in [1.82, 2.24) is 0 Å². The number of rotatable bonds is 7. The molecule has 0 aromatic heterocycles. The first-order valence-corrected chi connectivity index (χ1v) is 12.0. The topological polar surface area (TPSA) is 170 Å². The van der Waals surface area contributed by atoms with Crippen LogP contribution in [0.1, 0.15) is 31.8 Å². The van der Waals surface area contributed by atoms with Crippen LogP contribution < -0.4 is 23.7 Å². The van der Waals surface area contributed by atoms with E-state index in [2.05, 4.69) is 0 Å². The van der Waals surface area contributed by atoms with E-state index in [1.807, 2.05) is 12.1 Å². The zero-order valence-electron chi connectivity index (χ0n) is 20.7. The SMILES string of the molecule is COc1c(C)c(O[C@@H]2O[C@H](CO)[C@@H](O)[C@H](O)[C@H]2O)c(C=O)c2c1C(=O)[C@H](Cc1ccc3c(c1)OCO3)CO2. The Morgan fingerprint density at radius 2 is 1.82 bits per heavy atom. The Labute approximate surface area is 217 Å². The predicted octanol–water partition coefficient (Wildman–Crippen LogP) is 0.158. The fourth-order valence-electron chi connectivity index (χ4n) is 4.97. The first kappa shape index (κ1) is 26.2. The van der Waals surface area contributed by atoms with E-state index in [0.717, 1.165) is 5.56 Å². The van der Waals surface area contributed by atoms with Crippen molar-refractivity contribution in [2.24, 2.45) is 5.92 Å². The third-order valence-corrected chi connectivity index (χ3v) is 6.99. The quantitative estimate of drug-likeness (QED) is 0.357. The molecule has 3 heterocycles. The number of hydrogen-bond acceptors (Lipinski definition) is 12. The second-order valence-corrected chi connectivity index (χ2v) is 9.30. The van der Waals surface area contributed by atoms with Gasteiger partial charge in [0.1, 0.15) is 47.2 Å². The summed E-state index contributed by atoms with van der Waals surface area (Å²) in [5.74, 6) is 0.352. The molecule has 2 aromatic carbocycles. The number of ketones is 1. The van der Waals surface area contributed by atoms with Crippen LogP contribution in [-0.2, 0) is 11.2 Å².